The van der Waals surface area contributed by atoms with E-state index < -0.39 is 0 Å². The molecular formula is C12H19N3OS. The van der Waals surface area contributed by atoms with Crippen LogP contribution in [0.2, 0.25) is 0 Å². The molecule has 94 valence electrons. The summed E-state index contributed by atoms with van der Waals surface area (Å²) in [6.45, 7) is 7.74. The Morgan fingerprint density at radius 3 is 2.76 bits per heavy atom. The number of hydrogen-bond donors (Lipinski definition) is 1. The van der Waals surface area contributed by atoms with Gasteiger partial charge in [0.2, 0.25) is 5.91 Å². The fourth-order valence-electron chi connectivity index (χ4n) is 1.86. The molecule has 5 heteroatoms. The summed E-state index contributed by atoms with van der Waals surface area (Å²) in [4.78, 5) is 19.2. The van der Waals surface area contributed by atoms with E-state index in [0.717, 1.165) is 5.13 Å². The number of carbonyl (C=O) groups excluding carboxylic acids is 1. The third-order valence-electron chi connectivity index (χ3n) is 3.00. The number of nitrogens with two attached hydrogens (primary N) is 1. The average molecular weight is 253 g/mol. The molecule has 1 aromatic rings. The molecule has 1 unspecified atom stereocenters. The lowest BCUT2D eigenvalue weighted by atomic mass is 9.96. The zero-order valence-corrected chi connectivity index (χ0v) is 11.4. The zero-order chi connectivity index (χ0) is 12.6. The zero-order valence-electron chi connectivity index (χ0n) is 10.6. The summed E-state index contributed by atoms with van der Waals surface area (Å²) < 4.78 is 0. The van der Waals surface area contributed by atoms with E-state index in [-0.39, 0.29) is 17.2 Å². The van der Waals surface area contributed by atoms with Crippen molar-refractivity contribution in [3.8, 4) is 0 Å². The van der Waals surface area contributed by atoms with Gasteiger partial charge in [-0.3, -0.25) is 9.69 Å². The first-order chi connectivity index (χ1) is 7.91. The second-order valence-electron chi connectivity index (χ2n) is 5.57. The van der Waals surface area contributed by atoms with Gasteiger partial charge in [-0.2, -0.15) is 0 Å². The summed E-state index contributed by atoms with van der Waals surface area (Å²) in [6, 6.07) is 0. The fraction of sp³-hybridized carbons (Fsp3) is 0.667. The number of amides is 1. The number of nitrogens with zero attached hydrogens (tertiary/aromatic N) is 2. The topological polar surface area (TPSA) is 59.2 Å². The van der Waals surface area contributed by atoms with Crippen LogP contribution in [0.4, 0.5) is 5.13 Å². The van der Waals surface area contributed by atoms with Crippen molar-refractivity contribution in [2.45, 2.75) is 32.6 Å². The molecule has 1 amide bonds. The van der Waals surface area contributed by atoms with Crippen molar-refractivity contribution < 1.29 is 4.79 Å². The van der Waals surface area contributed by atoms with Gasteiger partial charge in [-0.15, -0.1) is 11.3 Å². The minimum absolute atomic E-state index is 0.0892. The summed E-state index contributed by atoms with van der Waals surface area (Å²) >= 11 is 1.61. The van der Waals surface area contributed by atoms with Crippen molar-refractivity contribution in [1.82, 2.24) is 4.98 Å². The summed E-state index contributed by atoms with van der Waals surface area (Å²) in [5.41, 5.74) is 5.70. The lowest BCUT2D eigenvalue weighted by Crippen LogP contribution is -2.25. The highest BCUT2D eigenvalue weighted by molar-refractivity contribution is 7.15. The van der Waals surface area contributed by atoms with Crippen LogP contribution >= 0.6 is 11.3 Å². The molecule has 2 N–H and O–H groups in total. The van der Waals surface area contributed by atoms with Gasteiger partial charge >= 0.3 is 0 Å². The summed E-state index contributed by atoms with van der Waals surface area (Å²) in [5.74, 6) is 0.430. The Balaban J connectivity index is 2.19. The van der Waals surface area contributed by atoms with Gasteiger partial charge < -0.3 is 5.73 Å². The molecule has 1 aliphatic rings. The molecule has 0 bridgehead atoms. The molecule has 0 aliphatic carbocycles. The van der Waals surface area contributed by atoms with Crippen LogP contribution in [0.15, 0.2) is 6.20 Å². The van der Waals surface area contributed by atoms with E-state index in [0.29, 0.717) is 19.5 Å². The highest BCUT2D eigenvalue weighted by Gasteiger charge is 2.32. The first-order valence-corrected chi connectivity index (χ1v) is 6.70. The van der Waals surface area contributed by atoms with Crippen LogP contribution < -0.4 is 10.6 Å². The van der Waals surface area contributed by atoms with E-state index in [1.165, 1.54) is 4.88 Å². The molecule has 2 heterocycles. The summed E-state index contributed by atoms with van der Waals surface area (Å²) in [6.07, 6.45) is 2.43. The number of anilines is 1. The number of aromatic nitrogens is 1. The maximum Gasteiger partial charge on any atom is 0.229 e. The average Bonchev–Trinajstić information content (AvgIpc) is 2.82. The Bertz CT molecular complexity index is 422. The molecule has 1 aliphatic heterocycles. The van der Waals surface area contributed by atoms with Crippen LogP contribution in [0.1, 0.15) is 32.1 Å². The lowest BCUT2D eigenvalue weighted by molar-refractivity contribution is -0.117. The molecule has 2 rings (SSSR count). The first-order valence-electron chi connectivity index (χ1n) is 5.88. The van der Waals surface area contributed by atoms with Crippen molar-refractivity contribution in [2.24, 2.45) is 11.7 Å². The molecule has 1 atom stereocenters. The monoisotopic (exact) mass is 253 g/mol. The smallest absolute Gasteiger partial charge is 0.229 e. The van der Waals surface area contributed by atoms with Crippen LogP contribution in [0, 0.1) is 5.92 Å². The minimum atomic E-state index is 0.0892. The SMILES string of the molecule is CC(C)(C)c1cnc(N2CC(CN)CC2=O)s1. The van der Waals surface area contributed by atoms with E-state index in [2.05, 4.69) is 25.8 Å². The second-order valence-corrected chi connectivity index (χ2v) is 6.58. The van der Waals surface area contributed by atoms with Gasteiger partial charge in [0, 0.05) is 24.0 Å². The predicted molar refractivity (Wildman–Crippen MR) is 70.3 cm³/mol. The van der Waals surface area contributed by atoms with Crippen LogP contribution in [0.3, 0.4) is 0 Å². The van der Waals surface area contributed by atoms with E-state index in [4.69, 9.17) is 5.73 Å². The van der Waals surface area contributed by atoms with Crippen LogP contribution in [0.5, 0.6) is 0 Å². The van der Waals surface area contributed by atoms with Crippen molar-refractivity contribution in [3.63, 3.8) is 0 Å². The van der Waals surface area contributed by atoms with E-state index in [9.17, 15) is 4.79 Å². The maximum absolute atomic E-state index is 11.8. The molecule has 1 saturated heterocycles. The number of carbonyl (C=O) groups is 1. The van der Waals surface area contributed by atoms with Crippen LogP contribution in [-0.4, -0.2) is 24.0 Å². The van der Waals surface area contributed by atoms with Gasteiger partial charge in [0.15, 0.2) is 5.13 Å². The maximum atomic E-state index is 11.8. The number of hydrogen-bond acceptors (Lipinski definition) is 4. The van der Waals surface area contributed by atoms with Gasteiger partial charge in [0.1, 0.15) is 0 Å². The fourth-order valence-corrected chi connectivity index (χ4v) is 2.86. The van der Waals surface area contributed by atoms with Gasteiger partial charge in [-0.05, 0) is 17.9 Å². The van der Waals surface area contributed by atoms with Crippen LogP contribution in [0.25, 0.3) is 0 Å². The molecule has 0 saturated carbocycles. The van der Waals surface area contributed by atoms with Crippen molar-refractivity contribution in [1.29, 1.82) is 0 Å². The lowest BCUT2D eigenvalue weighted by Gasteiger charge is -2.15. The van der Waals surface area contributed by atoms with Gasteiger partial charge in [0.05, 0.1) is 0 Å². The highest BCUT2D eigenvalue weighted by atomic mass is 32.1. The Labute approximate surface area is 106 Å². The van der Waals surface area contributed by atoms with Crippen molar-refractivity contribution in [3.05, 3.63) is 11.1 Å². The molecule has 0 spiro atoms. The van der Waals surface area contributed by atoms with Crippen molar-refractivity contribution >= 4 is 22.4 Å². The third kappa shape index (κ3) is 2.50. The van der Waals surface area contributed by atoms with Gasteiger partial charge in [-0.25, -0.2) is 4.98 Å². The molecule has 1 fully saturated rings. The quantitative estimate of drug-likeness (QED) is 0.873. The van der Waals surface area contributed by atoms with Gasteiger partial charge in [0.25, 0.3) is 0 Å². The Morgan fingerprint density at radius 2 is 2.29 bits per heavy atom. The Hall–Kier alpha value is -0.940. The second kappa shape index (κ2) is 4.38. The molecule has 0 aromatic carbocycles. The van der Waals surface area contributed by atoms with Crippen LogP contribution in [-0.2, 0) is 10.2 Å². The largest absolute Gasteiger partial charge is 0.330 e. The highest BCUT2D eigenvalue weighted by Crippen LogP contribution is 2.34. The van der Waals surface area contributed by atoms with E-state index >= 15 is 0 Å². The van der Waals surface area contributed by atoms with Crippen molar-refractivity contribution in [2.75, 3.05) is 18.0 Å². The standard InChI is InChI=1S/C12H19N3OS/c1-12(2,3)9-6-14-11(17-9)15-7-8(5-13)4-10(15)16/h6,8H,4-5,7,13H2,1-3H3. The number of thiazole rings is 1. The summed E-state index contributed by atoms with van der Waals surface area (Å²) in [5, 5.41) is 0.816. The van der Waals surface area contributed by atoms with E-state index in [1.807, 2.05) is 6.20 Å². The molecule has 1 aromatic heterocycles. The molecule has 17 heavy (non-hydrogen) atoms. The molecule has 4 nitrogen and oxygen atoms in total. The normalized spacial score (nSPS) is 21.3. The predicted octanol–water partition coefficient (Wildman–Crippen LogP) is 1.75. The summed E-state index contributed by atoms with van der Waals surface area (Å²) in [7, 11) is 0. The van der Waals surface area contributed by atoms with Gasteiger partial charge in [-0.1, -0.05) is 20.8 Å². The minimum Gasteiger partial charge on any atom is -0.330 e. The number of rotatable bonds is 2. The molecule has 0 radical (unpaired) electrons. The Morgan fingerprint density at radius 1 is 1.59 bits per heavy atom. The first kappa shape index (κ1) is 12.5. The third-order valence-corrected chi connectivity index (χ3v) is 4.45. The molecular weight excluding hydrogens is 234 g/mol. The van der Waals surface area contributed by atoms with E-state index in [1.54, 1.807) is 16.2 Å². The Kier molecular flexibility index (Phi) is 3.23.